The lowest BCUT2D eigenvalue weighted by molar-refractivity contribution is -0.140. The van der Waals surface area contributed by atoms with E-state index in [0.717, 1.165) is 57.0 Å². The summed E-state index contributed by atoms with van der Waals surface area (Å²) in [6, 6.07) is 8.70. The van der Waals surface area contributed by atoms with Gasteiger partial charge in [-0.1, -0.05) is 24.6 Å². The Balaban J connectivity index is 1.35. The van der Waals surface area contributed by atoms with Crippen LogP contribution in [-0.2, 0) is 14.3 Å². The van der Waals surface area contributed by atoms with Gasteiger partial charge in [0.2, 0.25) is 11.8 Å². The molecule has 3 fully saturated rings. The topological polar surface area (TPSA) is 86.5 Å². The van der Waals surface area contributed by atoms with Crippen LogP contribution in [0.15, 0.2) is 30.5 Å². The minimum Gasteiger partial charge on any atom is -0.385 e. The molecule has 0 radical (unpaired) electrons. The Labute approximate surface area is 202 Å². The second kappa shape index (κ2) is 10.5. The summed E-state index contributed by atoms with van der Waals surface area (Å²) < 4.78 is 5.35. The highest BCUT2D eigenvalue weighted by Crippen LogP contribution is 2.40. The molecule has 3 aliphatic rings. The van der Waals surface area contributed by atoms with E-state index in [2.05, 4.69) is 44.9 Å². The van der Waals surface area contributed by atoms with Crippen molar-refractivity contribution in [2.75, 3.05) is 26.8 Å². The maximum Gasteiger partial charge on any atom is 0.227 e. The van der Waals surface area contributed by atoms with Crippen LogP contribution < -0.4 is 10.6 Å². The van der Waals surface area contributed by atoms with Crippen molar-refractivity contribution in [2.45, 2.75) is 69.5 Å². The highest BCUT2D eigenvalue weighted by atomic mass is 16.5. The lowest BCUT2D eigenvalue weighted by atomic mass is 9.84. The second-order valence-electron chi connectivity index (χ2n) is 10.3. The van der Waals surface area contributed by atoms with Gasteiger partial charge in [-0.2, -0.15) is 0 Å². The number of aromatic amines is 1. The van der Waals surface area contributed by atoms with Crippen LogP contribution in [-0.4, -0.2) is 60.6 Å². The van der Waals surface area contributed by atoms with Crippen molar-refractivity contribution in [3.63, 3.8) is 0 Å². The van der Waals surface area contributed by atoms with Crippen molar-refractivity contribution in [1.29, 1.82) is 0 Å². The third kappa shape index (κ3) is 5.01. The Morgan fingerprint density at radius 1 is 1.15 bits per heavy atom. The van der Waals surface area contributed by atoms with Crippen LogP contribution in [0.3, 0.4) is 0 Å². The number of H-pyrrole nitrogens is 1. The number of amides is 2. The molecule has 2 aromatic rings. The number of nitrogens with zero attached hydrogens (tertiary/aromatic N) is 1. The largest absolute Gasteiger partial charge is 0.385 e. The van der Waals surface area contributed by atoms with E-state index < -0.39 is 0 Å². The first-order valence-corrected chi connectivity index (χ1v) is 13.0. The van der Waals surface area contributed by atoms with Crippen LogP contribution in [0.4, 0.5) is 0 Å². The van der Waals surface area contributed by atoms with Crippen molar-refractivity contribution >= 4 is 22.7 Å². The van der Waals surface area contributed by atoms with Crippen LogP contribution in [0.5, 0.6) is 0 Å². The summed E-state index contributed by atoms with van der Waals surface area (Å²) in [7, 11) is 1.73. The van der Waals surface area contributed by atoms with Gasteiger partial charge in [0.05, 0.1) is 12.0 Å². The number of hydrogen-bond acceptors (Lipinski definition) is 4. The first-order chi connectivity index (χ1) is 16.7. The molecule has 3 atom stereocenters. The predicted molar refractivity (Wildman–Crippen MR) is 132 cm³/mol. The van der Waals surface area contributed by atoms with E-state index in [1.54, 1.807) is 7.11 Å². The standard InChI is InChI=1S/C27H38N4O3/c1-34-13-5-10-25(23-17-29-24-9-3-2-8-22(23)24)31(21-11-12-21)27(33)19-14-20(16-28-15-19)30-26(32)18-6-4-7-18/h2-3,8-9,17-21,25,28-29H,4-7,10-16H2,1H3,(H,30,32)/t19-,20-,25?/m0/s1. The van der Waals surface area contributed by atoms with Gasteiger partial charge in [0.25, 0.3) is 0 Å². The number of para-hydroxylation sites is 1. The number of aromatic nitrogens is 1. The summed E-state index contributed by atoms with van der Waals surface area (Å²) >= 11 is 0. The number of carbonyl (C=O) groups is 2. The molecule has 7 heteroatoms. The number of ether oxygens (including phenoxy) is 1. The van der Waals surface area contributed by atoms with Gasteiger partial charge in [-0.3, -0.25) is 9.59 Å². The molecule has 2 aliphatic carbocycles. The fraction of sp³-hybridized carbons (Fsp3) is 0.630. The molecule has 1 unspecified atom stereocenters. The molecule has 2 heterocycles. The molecule has 2 amide bonds. The van der Waals surface area contributed by atoms with Crippen molar-refractivity contribution in [3.05, 3.63) is 36.0 Å². The Kier molecular flexibility index (Phi) is 7.21. The normalized spacial score (nSPS) is 23.9. The molecule has 0 bridgehead atoms. The number of rotatable bonds is 10. The van der Waals surface area contributed by atoms with E-state index in [-0.39, 0.29) is 35.7 Å². The van der Waals surface area contributed by atoms with E-state index in [0.29, 0.717) is 25.6 Å². The van der Waals surface area contributed by atoms with Gasteiger partial charge in [0.15, 0.2) is 0 Å². The predicted octanol–water partition coefficient (Wildman–Crippen LogP) is 3.52. The monoisotopic (exact) mass is 466 g/mol. The molecule has 1 aromatic carbocycles. The third-order valence-corrected chi connectivity index (χ3v) is 7.86. The van der Waals surface area contributed by atoms with E-state index in [1.165, 1.54) is 10.9 Å². The quantitative estimate of drug-likeness (QED) is 0.468. The van der Waals surface area contributed by atoms with Gasteiger partial charge in [-0.25, -0.2) is 0 Å². The SMILES string of the molecule is COCCCC(c1c[nH]c2ccccc12)N(C(=O)[C@@H]1CNC[C@@H](NC(=O)C2CCC2)C1)C1CC1. The summed E-state index contributed by atoms with van der Waals surface area (Å²) in [5, 5.41) is 7.84. The average molecular weight is 467 g/mol. The summed E-state index contributed by atoms with van der Waals surface area (Å²) in [5.41, 5.74) is 2.31. The van der Waals surface area contributed by atoms with Crippen LogP contribution in [0.2, 0.25) is 0 Å². The second-order valence-corrected chi connectivity index (χ2v) is 10.3. The maximum atomic E-state index is 14.0. The summed E-state index contributed by atoms with van der Waals surface area (Å²) in [4.78, 5) is 32.2. The Bertz CT molecular complexity index is 997. The molecule has 0 spiro atoms. The zero-order chi connectivity index (χ0) is 23.5. The van der Waals surface area contributed by atoms with Crippen molar-refractivity contribution < 1.29 is 14.3 Å². The Morgan fingerprint density at radius 2 is 1.97 bits per heavy atom. The fourth-order valence-electron chi connectivity index (χ4n) is 5.62. The molecule has 184 valence electrons. The fourth-order valence-corrected chi connectivity index (χ4v) is 5.62. The number of nitrogens with one attached hydrogen (secondary N) is 3. The van der Waals surface area contributed by atoms with Crippen LogP contribution in [0, 0.1) is 11.8 Å². The summed E-state index contributed by atoms with van der Waals surface area (Å²) in [6.07, 6.45) is 9.86. The van der Waals surface area contributed by atoms with Gasteiger partial charge >= 0.3 is 0 Å². The number of fused-ring (bicyclic) bond motifs is 1. The zero-order valence-electron chi connectivity index (χ0n) is 20.2. The van der Waals surface area contributed by atoms with E-state index >= 15 is 0 Å². The minimum absolute atomic E-state index is 0.0243. The number of carbonyl (C=O) groups excluding carboxylic acids is 2. The number of methoxy groups -OCH3 is 1. The average Bonchev–Trinajstić information content (AvgIpc) is 3.55. The first kappa shape index (κ1) is 23.4. The molecule has 1 saturated heterocycles. The van der Waals surface area contributed by atoms with Gasteiger partial charge in [0.1, 0.15) is 0 Å². The Morgan fingerprint density at radius 3 is 2.71 bits per heavy atom. The van der Waals surface area contributed by atoms with E-state index in [4.69, 9.17) is 4.74 Å². The van der Waals surface area contributed by atoms with Crippen LogP contribution >= 0.6 is 0 Å². The molecule has 7 nitrogen and oxygen atoms in total. The highest BCUT2D eigenvalue weighted by molar-refractivity contribution is 5.86. The maximum absolute atomic E-state index is 14.0. The van der Waals surface area contributed by atoms with Gasteiger partial charge in [-0.15, -0.1) is 0 Å². The van der Waals surface area contributed by atoms with Gasteiger partial charge in [-0.05, 0) is 56.6 Å². The third-order valence-electron chi connectivity index (χ3n) is 7.86. The van der Waals surface area contributed by atoms with Gasteiger partial charge < -0.3 is 25.3 Å². The highest BCUT2D eigenvalue weighted by Gasteiger charge is 2.42. The number of piperidine rings is 1. The number of benzene rings is 1. The van der Waals surface area contributed by atoms with Crippen LogP contribution in [0.25, 0.3) is 10.9 Å². The molecule has 3 N–H and O–H groups in total. The lowest BCUT2D eigenvalue weighted by Gasteiger charge is -2.38. The molecule has 5 rings (SSSR count). The minimum atomic E-state index is -0.115. The first-order valence-electron chi connectivity index (χ1n) is 13.0. The molecular formula is C27H38N4O3. The molecule has 1 aromatic heterocycles. The Hall–Kier alpha value is -2.38. The smallest absolute Gasteiger partial charge is 0.227 e. The molecule has 34 heavy (non-hydrogen) atoms. The summed E-state index contributed by atoms with van der Waals surface area (Å²) in [5.74, 6) is 0.453. The lowest BCUT2D eigenvalue weighted by Crippen LogP contribution is -2.54. The van der Waals surface area contributed by atoms with E-state index in [1.807, 2.05) is 6.07 Å². The number of hydrogen-bond donors (Lipinski definition) is 3. The zero-order valence-corrected chi connectivity index (χ0v) is 20.2. The van der Waals surface area contributed by atoms with Crippen LogP contribution in [0.1, 0.15) is 63.0 Å². The van der Waals surface area contributed by atoms with Gasteiger partial charge in [0, 0.05) is 61.9 Å². The van der Waals surface area contributed by atoms with Crippen molar-refractivity contribution in [2.24, 2.45) is 11.8 Å². The molecule has 2 saturated carbocycles. The summed E-state index contributed by atoms with van der Waals surface area (Å²) in [6.45, 7) is 2.10. The van der Waals surface area contributed by atoms with Crippen molar-refractivity contribution in [1.82, 2.24) is 20.5 Å². The molecular weight excluding hydrogens is 428 g/mol. The van der Waals surface area contributed by atoms with Crippen molar-refractivity contribution in [3.8, 4) is 0 Å². The molecule has 1 aliphatic heterocycles. The van der Waals surface area contributed by atoms with E-state index in [9.17, 15) is 9.59 Å².